The van der Waals surface area contributed by atoms with Crippen molar-refractivity contribution in [3.63, 3.8) is 0 Å². The molecule has 3 aliphatic heterocycles. The van der Waals surface area contributed by atoms with Crippen LogP contribution in [-0.4, -0.2) is 181 Å². The van der Waals surface area contributed by atoms with Crippen LogP contribution in [0, 0.1) is 45.8 Å². The van der Waals surface area contributed by atoms with Gasteiger partial charge in [0.2, 0.25) is 0 Å². The van der Waals surface area contributed by atoms with Gasteiger partial charge in [-0.3, -0.25) is 33.9 Å². The van der Waals surface area contributed by atoms with Crippen LogP contribution in [0.15, 0.2) is 114 Å². The van der Waals surface area contributed by atoms with Crippen molar-refractivity contribution >= 4 is 69.8 Å². The fourth-order valence-corrected chi connectivity index (χ4v) is 15.5. The molecule has 102 heavy (non-hydrogen) atoms. The van der Waals surface area contributed by atoms with Gasteiger partial charge < -0.3 is 31.6 Å². The number of carboxylic acids is 1. The number of rotatable bonds is 5. The van der Waals surface area contributed by atoms with Crippen LogP contribution in [0.4, 0.5) is 0 Å². The third kappa shape index (κ3) is 23.9. The molecule has 16 nitrogen and oxygen atoms in total. The molecular weight excluding hydrogens is 1440 g/mol. The zero-order valence-corrected chi connectivity index (χ0v) is 63.5. The van der Waals surface area contributed by atoms with Crippen molar-refractivity contribution in [2.75, 3.05) is 99.7 Å². The van der Waals surface area contributed by atoms with Gasteiger partial charge in [-0.1, -0.05) is 58.4 Å². The molecule has 3 unspecified atom stereocenters. The average molecular weight is 1530 g/mol. The zero-order valence-electron chi connectivity index (χ0n) is 59.3. The van der Waals surface area contributed by atoms with Gasteiger partial charge in [0.15, 0.2) is 5.78 Å². The van der Waals surface area contributed by atoms with E-state index in [1.807, 2.05) is 60.7 Å². The monoisotopic (exact) mass is 1530 g/mol. The maximum Gasteiger partial charge on any atom is 1.00 e. The smallest absolute Gasteiger partial charge is 0.512 e. The number of benzene rings is 6. The van der Waals surface area contributed by atoms with E-state index in [0.29, 0.717) is 90.7 Å². The number of piperazine rings is 3. The molecule has 0 amide bonds. The summed E-state index contributed by atoms with van der Waals surface area (Å²) >= 11 is 3.42. The number of aryl methyl sites for hydroxylation is 6. The molecule has 0 bridgehead atoms. The Bertz CT molecular complexity index is 3860. The van der Waals surface area contributed by atoms with Crippen molar-refractivity contribution < 1.29 is 46.1 Å². The summed E-state index contributed by atoms with van der Waals surface area (Å²) in [5.74, 6) is 0.322. The summed E-state index contributed by atoms with van der Waals surface area (Å²) in [6, 6.07) is 43.8. The summed E-state index contributed by atoms with van der Waals surface area (Å²) in [7, 11) is 6.59. The fraction of sp³-hybridized carbons (Fsp3) is 0.451. The van der Waals surface area contributed by atoms with E-state index < -0.39 is 5.97 Å². The number of carboxylic acid groups (broad SMARTS) is 1. The van der Waals surface area contributed by atoms with Crippen LogP contribution in [0.25, 0.3) is 0 Å². The second-order valence-corrected chi connectivity index (χ2v) is 28.8. The van der Waals surface area contributed by atoms with Crippen molar-refractivity contribution in [1.82, 2.24) is 29.4 Å². The third-order valence-corrected chi connectivity index (χ3v) is 21.7. The molecule has 6 aromatic carbocycles. The predicted molar refractivity (Wildman–Crippen MR) is 403 cm³/mol. The van der Waals surface area contributed by atoms with Crippen LogP contribution in [0.1, 0.15) is 150 Å². The minimum absolute atomic E-state index is 0. The first-order valence-electron chi connectivity index (χ1n) is 35.2. The maximum absolute atomic E-state index is 11.5. The molecule has 0 spiro atoms. The van der Waals surface area contributed by atoms with E-state index in [1.165, 1.54) is 121 Å². The summed E-state index contributed by atoms with van der Waals surface area (Å²) in [6.45, 7) is 20.6. The molecule has 1 N–H and O–H groups in total. The molecule has 3 fully saturated rings. The second-order valence-electron chi connectivity index (χ2n) is 27.9. The number of halogens is 3. The Labute approximate surface area is 635 Å². The number of likely N-dealkylation sites (N-methyl/N-ethyl adjacent to an activating group) is 3. The Hall–Kier alpha value is -7.23. The number of aromatic carboxylic acids is 1. The number of fused-ring (bicyclic) bond motifs is 6. The summed E-state index contributed by atoms with van der Waals surface area (Å²) in [5.41, 5.74) is 18.8. The number of hydrogen-bond donors (Lipinski definition) is 1. The van der Waals surface area contributed by atoms with Crippen LogP contribution < -0.4 is 0 Å². The first-order valence-corrected chi connectivity index (χ1v) is 36.0. The fourth-order valence-electron chi connectivity index (χ4n) is 15.1. The molecule has 0 saturated carbocycles. The minimum Gasteiger partial charge on any atom is -0.512 e. The van der Waals surface area contributed by atoms with Crippen molar-refractivity contribution in [2.45, 2.75) is 141 Å². The van der Waals surface area contributed by atoms with Crippen LogP contribution in [0.2, 0.25) is 0 Å². The predicted octanol–water partition coefficient (Wildman–Crippen LogP) is 11.8. The normalized spacial score (nSPS) is 19.8. The van der Waals surface area contributed by atoms with Gasteiger partial charge in [-0.2, -0.15) is 15.8 Å². The topological polar surface area (TPSA) is 220 Å². The molecule has 3 atom stereocenters. The van der Waals surface area contributed by atoms with Crippen LogP contribution in [0.5, 0.6) is 0 Å². The maximum atomic E-state index is 11.5. The van der Waals surface area contributed by atoms with Gasteiger partial charge in [-0.15, -0.1) is 24.8 Å². The van der Waals surface area contributed by atoms with E-state index in [1.54, 1.807) is 25.1 Å². The molecule has 20 heteroatoms. The SMILES string of the molecule is CC(=O)c1ccc2c(c1)CCC(N1CCN(C)CC1)C2.CN1CCN(C2CCc3cc(C#N)ccc3C2)CC1.CN1CCN(C2CCc3cc(C(=O)O)ccc3C2)CC1.Cl.Cl.N#Cc1ccc2c(c1)CCC(=O)C2.N#Cc1ccc2c(c1)CCC(=O)C2.O=C1CCc2cc(Br)ccc2C1.[C-]#N.[Cu+]. The van der Waals surface area contributed by atoms with Crippen molar-refractivity contribution in [2.24, 2.45) is 0 Å². The van der Waals surface area contributed by atoms with Gasteiger partial charge in [-0.25, -0.2) is 4.79 Å². The Morgan fingerprint density at radius 2 is 0.686 bits per heavy atom. The van der Waals surface area contributed by atoms with E-state index in [-0.39, 0.29) is 47.7 Å². The number of carbonyl (C=O) groups excluding carboxylic acids is 4. The van der Waals surface area contributed by atoms with Gasteiger partial charge in [0.25, 0.3) is 0 Å². The van der Waals surface area contributed by atoms with Crippen LogP contribution >= 0.6 is 40.7 Å². The first-order chi connectivity index (χ1) is 47.9. The standard InChI is InChI=1S/C17H24N2O.C16H21N3.C16H22N2O2.2C11H9NO.C10H9BrO.CN.2ClH.Cu/c1-13(20)14-3-4-16-12-17(6-5-15(16)11-14)19-9-7-18(2)8-10-19;1-18-6-8-19(9-7-18)16-5-4-14-10-13(12-17)2-3-15(14)11-16;1-17-6-8-18(9-7-17)15-5-4-12-10-14(16(19)20)3-2-13(12)11-15;2*12-7-8-1-2-10-6-11(13)4-3-9(10)5-8;11-9-3-1-8-6-10(12)4-2-7(8)5-9;1-2;;;/h3-4,11,17H,5-10,12H2,1-2H3;2-3,10,16H,4-9,11H2,1H3;2-3,10,15H,4-9,11H2,1H3,(H,19,20);2*1-2,5H,3-4,6H2;1,3,5H,2,4,6H2;;2*1H;/q;;;;;;-1;;;+1. The number of nitriles is 3. The molecule has 542 valence electrons. The van der Waals surface area contributed by atoms with Crippen molar-refractivity contribution in [3.8, 4) is 18.2 Å². The number of carbonyl (C=O) groups is 5. The molecule has 6 aliphatic carbocycles. The molecule has 6 aromatic rings. The number of ketones is 4. The van der Waals surface area contributed by atoms with Crippen LogP contribution in [-0.2, 0) is 109 Å². The van der Waals surface area contributed by atoms with Gasteiger partial charge in [0, 0.05) is 145 Å². The minimum atomic E-state index is -0.825. The van der Waals surface area contributed by atoms with E-state index in [9.17, 15) is 24.0 Å². The van der Waals surface area contributed by atoms with E-state index in [0.717, 1.165) is 117 Å². The van der Waals surface area contributed by atoms with Crippen molar-refractivity contribution in [3.05, 3.63) is 215 Å². The molecule has 15 rings (SSSR count). The van der Waals surface area contributed by atoms with Gasteiger partial charge in [0.1, 0.15) is 17.3 Å². The Morgan fingerprint density at radius 1 is 0.402 bits per heavy atom. The Balaban J connectivity index is 0.000000192. The molecule has 3 saturated heterocycles. The van der Waals surface area contributed by atoms with Gasteiger partial charge >= 0.3 is 23.0 Å². The summed E-state index contributed by atoms with van der Waals surface area (Å²) in [5, 5.41) is 41.6. The Morgan fingerprint density at radius 3 is 1.02 bits per heavy atom. The van der Waals surface area contributed by atoms with E-state index >= 15 is 0 Å². The summed E-state index contributed by atoms with van der Waals surface area (Å²) < 4.78 is 1.11. The first kappa shape index (κ1) is 83.7. The molecule has 0 radical (unpaired) electrons. The second kappa shape index (κ2) is 41.3. The Kier molecular flexibility index (Phi) is 33.9. The molecular formula is C82H96BrCl2CuN10O6. The largest absolute Gasteiger partial charge is 1.00 e. The van der Waals surface area contributed by atoms with Gasteiger partial charge in [-0.05, 0) is 239 Å². The summed E-state index contributed by atoms with van der Waals surface area (Å²) in [4.78, 5) is 70.9. The van der Waals surface area contributed by atoms with Crippen LogP contribution in [0.3, 0.4) is 0 Å². The average Bonchev–Trinajstić information content (AvgIpc) is 0.846. The molecule has 3 heterocycles. The van der Waals surface area contributed by atoms with Gasteiger partial charge in [0.05, 0.1) is 40.5 Å². The zero-order chi connectivity index (χ0) is 70.5. The quantitative estimate of drug-likeness (QED) is 0.0963. The summed E-state index contributed by atoms with van der Waals surface area (Å²) in [6.07, 6.45) is 16.4. The van der Waals surface area contributed by atoms with Crippen molar-refractivity contribution in [1.29, 1.82) is 21.0 Å². The number of hydrogen-bond acceptors (Lipinski definition) is 15. The number of nitrogens with zero attached hydrogens (tertiary/aromatic N) is 10. The van der Waals surface area contributed by atoms with E-state index in [4.69, 9.17) is 32.7 Å². The van der Waals surface area contributed by atoms with E-state index in [2.05, 4.69) is 115 Å². The number of Topliss-reactive ketones (excluding diaryl/α,β-unsaturated/α-hetero) is 4. The molecule has 9 aliphatic rings. The molecule has 0 aromatic heterocycles. The third-order valence-electron chi connectivity index (χ3n) is 21.2.